The van der Waals surface area contributed by atoms with Gasteiger partial charge in [-0.15, -0.1) is 0 Å². The molecule has 1 aromatic rings. The van der Waals surface area contributed by atoms with Gasteiger partial charge >= 0.3 is 12.0 Å². The van der Waals surface area contributed by atoms with Gasteiger partial charge in [0.2, 0.25) is 0 Å². The van der Waals surface area contributed by atoms with Crippen LogP contribution in [0.15, 0.2) is 18.2 Å². The van der Waals surface area contributed by atoms with Crippen molar-refractivity contribution in [2.75, 3.05) is 24.7 Å². The van der Waals surface area contributed by atoms with Crippen LogP contribution in [-0.2, 0) is 24.8 Å². The number of nitrogens with zero attached hydrogens (tertiary/aromatic N) is 1. The van der Waals surface area contributed by atoms with Gasteiger partial charge in [0, 0.05) is 5.56 Å². The van der Waals surface area contributed by atoms with Crippen LogP contribution in [-0.4, -0.2) is 31.8 Å². The van der Waals surface area contributed by atoms with E-state index in [9.17, 15) is 9.59 Å². The minimum Gasteiger partial charge on any atom is -0.449 e. The molecule has 0 radical (unpaired) electrons. The first-order chi connectivity index (χ1) is 9.60. The summed E-state index contributed by atoms with van der Waals surface area (Å²) in [6, 6.07) is 5.34. The highest BCUT2D eigenvalue weighted by molar-refractivity contribution is 6.20. The topological polar surface area (TPSA) is 65.1 Å². The molecule has 0 atom stereocenters. The predicted octanol–water partition coefficient (Wildman–Crippen LogP) is 1.70. The third-order valence-corrected chi connectivity index (χ3v) is 3.38. The Morgan fingerprint density at radius 1 is 1.40 bits per heavy atom. The molecule has 1 spiro atoms. The van der Waals surface area contributed by atoms with Crippen molar-refractivity contribution in [1.82, 2.24) is 0 Å². The van der Waals surface area contributed by atoms with Crippen molar-refractivity contribution in [2.45, 2.75) is 19.6 Å². The molecule has 20 heavy (non-hydrogen) atoms. The summed E-state index contributed by atoms with van der Waals surface area (Å²) in [6.45, 7) is 4.41. The lowest BCUT2D eigenvalue weighted by Crippen LogP contribution is -2.44. The van der Waals surface area contributed by atoms with Gasteiger partial charge < -0.3 is 14.2 Å². The molecule has 6 nitrogen and oxygen atoms in total. The summed E-state index contributed by atoms with van der Waals surface area (Å²) in [5.74, 6) is -2.04. The molecule has 0 saturated carbocycles. The highest BCUT2D eigenvalue weighted by Crippen LogP contribution is 2.46. The Balaban J connectivity index is 2.13. The van der Waals surface area contributed by atoms with Crippen molar-refractivity contribution >= 4 is 17.7 Å². The molecule has 3 rings (SSSR count). The monoisotopic (exact) mass is 277 g/mol. The van der Waals surface area contributed by atoms with Crippen molar-refractivity contribution in [1.29, 1.82) is 0 Å². The number of hydrogen-bond donors (Lipinski definition) is 0. The number of fused-ring (bicyclic) bond motifs is 2. The fourth-order valence-corrected chi connectivity index (χ4v) is 2.54. The van der Waals surface area contributed by atoms with E-state index in [1.165, 1.54) is 0 Å². The summed E-state index contributed by atoms with van der Waals surface area (Å²) in [4.78, 5) is 25.6. The Hall–Kier alpha value is -1.92. The summed E-state index contributed by atoms with van der Waals surface area (Å²) in [5, 5.41) is 0. The van der Waals surface area contributed by atoms with Gasteiger partial charge in [0.1, 0.15) is 0 Å². The van der Waals surface area contributed by atoms with Crippen LogP contribution in [0.4, 0.5) is 10.5 Å². The Morgan fingerprint density at radius 2 is 2.10 bits per heavy atom. The van der Waals surface area contributed by atoms with Gasteiger partial charge in [-0.1, -0.05) is 11.6 Å². The maximum Gasteiger partial charge on any atom is 0.421 e. The molecule has 2 amide bonds. The van der Waals surface area contributed by atoms with Gasteiger partial charge in [0.05, 0.1) is 25.5 Å². The van der Waals surface area contributed by atoms with E-state index in [-0.39, 0.29) is 6.61 Å². The van der Waals surface area contributed by atoms with E-state index in [1.807, 2.05) is 13.0 Å². The zero-order chi connectivity index (χ0) is 14.3. The molecular weight excluding hydrogens is 262 g/mol. The Morgan fingerprint density at radius 3 is 2.75 bits per heavy atom. The second-order valence-electron chi connectivity index (χ2n) is 4.67. The van der Waals surface area contributed by atoms with E-state index < -0.39 is 17.8 Å². The summed E-state index contributed by atoms with van der Waals surface area (Å²) < 4.78 is 16.0. The highest BCUT2D eigenvalue weighted by atomic mass is 16.7. The number of carbonyl (C=O) groups is 2. The summed E-state index contributed by atoms with van der Waals surface area (Å²) in [5.41, 5.74) is 1.98. The standard InChI is InChI=1S/C14H15NO5/c1-3-18-13(17)15-11-5-4-9(2)8-10(11)14(12(15)16)19-6-7-20-14/h4-5,8H,3,6-7H2,1-2H3. The number of benzene rings is 1. The number of amides is 2. The van der Waals surface area contributed by atoms with Gasteiger partial charge in [-0.3, -0.25) is 4.79 Å². The minimum atomic E-state index is -1.49. The molecule has 0 aliphatic carbocycles. The molecule has 0 N–H and O–H groups in total. The average molecular weight is 277 g/mol. The molecule has 0 aromatic heterocycles. The summed E-state index contributed by atoms with van der Waals surface area (Å²) >= 11 is 0. The third kappa shape index (κ3) is 1.65. The summed E-state index contributed by atoms with van der Waals surface area (Å²) in [7, 11) is 0. The number of aryl methyl sites for hydroxylation is 1. The van der Waals surface area contributed by atoms with Gasteiger partial charge in [-0.05, 0) is 26.0 Å². The number of ether oxygens (including phenoxy) is 3. The lowest BCUT2D eigenvalue weighted by molar-refractivity contribution is -0.180. The fraction of sp³-hybridized carbons (Fsp3) is 0.429. The first-order valence-corrected chi connectivity index (χ1v) is 6.50. The summed E-state index contributed by atoms with van der Waals surface area (Å²) in [6.07, 6.45) is -0.710. The first kappa shape index (κ1) is 13.1. The predicted molar refractivity (Wildman–Crippen MR) is 69.3 cm³/mol. The normalized spacial score (nSPS) is 19.5. The van der Waals surface area contributed by atoms with E-state index in [0.717, 1.165) is 10.5 Å². The Bertz CT molecular complexity index is 577. The van der Waals surface area contributed by atoms with Crippen LogP contribution in [0.3, 0.4) is 0 Å². The lowest BCUT2D eigenvalue weighted by atomic mass is 10.0. The van der Waals surface area contributed by atoms with Gasteiger partial charge in [0.15, 0.2) is 0 Å². The molecule has 106 valence electrons. The zero-order valence-corrected chi connectivity index (χ0v) is 11.3. The van der Waals surface area contributed by atoms with Crippen LogP contribution in [0.1, 0.15) is 18.1 Å². The van der Waals surface area contributed by atoms with Crippen molar-refractivity contribution in [3.63, 3.8) is 0 Å². The van der Waals surface area contributed by atoms with Crippen molar-refractivity contribution in [3.8, 4) is 0 Å². The molecule has 0 unspecified atom stereocenters. The minimum absolute atomic E-state index is 0.193. The van der Waals surface area contributed by atoms with Crippen molar-refractivity contribution in [2.24, 2.45) is 0 Å². The molecule has 2 aliphatic heterocycles. The smallest absolute Gasteiger partial charge is 0.421 e. The first-order valence-electron chi connectivity index (χ1n) is 6.50. The van der Waals surface area contributed by atoms with E-state index in [0.29, 0.717) is 24.5 Å². The molecular formula is C14H15NO5. The van der Waals surface area contributed by atoms with Gasteiger partial charge in [-0.25, -0.2) is 9.69 Å². The highest BCUT2D eigenvalue weighted by Gasteiger charge is 2.58. The molecule has 2 heterocycles. The van der Waals surface area contributed by atoms with Crippen molar-refractivity contribution < 1.29 is 23.8 Å². The molecule has 1 aromatic carbocycles. The largest absolute Gasteiger partial charge is 0.449 e. The van der Waals surface area contributed by atoms with E-state index in [1.54, 1.807) is 19.1 Å². The Kier molecular flexibility index (Phi) is 2.99. The van der Waals surface area contributed by atoms with Crippen molar-refractivity contribution in [3.05, 3.63) is 29.3 Å². The molecule has 2 aliphatic rings. The molecule has 6 heteroatoms. The van der Waals surface area contributed by atoms with Crippen LogP contribution in [0, 0.1) is 6.92 Å². The Labute approximate surface area is 116 Å². The average Bonchev–Trinajstić information content (AvgIpc) is 2.98. The maximum atomic E-state index is 12.6. The SMILES string of the molecule is CCOC(=O)N1C(=O)C2(OCCO2)c2cc(C)ccc21. The van der Waals surface area contributed by atoms with E-state index in [2.05, 4.69) is 0 Å². The maximum absolute atomic E-state index is 12.6. The zero-order valence-electron chi connectivity index (χ0n) is 11.3. The van der Waals surface area contributed by atoms with Crippen LogP contribution in [0.2, 0.25) is 0 Å². The number of hydrogen-bond acceptors (Lipinski definition) is 5. The second-order valence-corrected chi connectivity index (χ2v) is 4.67. The lowest BCUT2D eigenvalue weighted by Gasteiger charge is -2.20. The fourth-order valence-electron chi connectivity index (χ4n) is 2.54. The number of imide groups is 1. The number of carbonyl (C=O) groups excluding carboxylic acids is 2. The quantitative estimate of drug-likeness (QED) is 0.781. The molecule has 1 fully saturated rings. The number of rotatable bonds is 1. The van der Waals surface area contributed by atoms with Crippen LogP contribution >= 0.6 is 0 Å². The van der Waals surface area contributed by atoms with Gasteiger partial charge in [0.25, 0.3) is 5.79 Å². The van der Waals surface area contributed by atoms with E-state index in [4.69, 9.17) is 14.2 Å². The van der Waals surface area contributed by atoms with Gasteiger partial charge in [-0.2, -0.15) is 0 Å². The number of anilines is 1. The third-order valence-electron chi connectivity index (χ3n) is 3.38. The van der Waals surface area contributed by atoms with Crippen LogP contribution in [0.5, 0.6) is 0 Å². The van der Waals surface area contributed by atoms with Crippen LogP contribution in [0.25, 0.3) is 0 Å². The molecule has 0 bridgehead atoms. The van der Waals surface area contributed by atoms with E-state index >= 15 is 0 Å². The second kappa shape index (κ2) is 4.57. The van der Waals surface area contributed by atoms with Crippen LogP contribution < -0.4 is 4.90 Å². The molecule has 1 saturated heterocycles.